The number of carbonyl (C=O) groups is 4. The summed E-state index contributed by atoms with van der Waals surface area (Å²) in [6.07, 6.45) is 5.65. The second-order valence-electron chi connectivity index (χ2n) is 14.9. The predicted molar refractivity (Wildman–Crippen MR) is 204 cm³/mol. The molecule has 9 atom stereocenters. The number of aliphatic hydroxyl groups excluding tert-OH is 2. The van der Waals surface area contributed by atoms with E-state index in [1.165, 1.54) is 58.5 Å². The van der Waals surface area contributed by atoms with Crippen molar-refractivity contribution < 1.29 is 53.1 Å². The zero-order valence-electron chi connectivity index (χ0n) is 33.1. The summed E-state index contributed by atoms with van der Waals surface area (Å²) in [5.74, 6) is -3.54. The lowest BCUT2D eigenvalue weighted by molar-refractivity contribution is -0.241. The second kappa shape index (κ2) is 23.3. The first-order valence-corrected chi connectivity index (χ1v) is 20.4. The molecular formula is C39H61N5O13. The fourth-order valence-electron chi connectivity index (χ4n) is 7.30. The summed E-state index contributed by atoms with van der Waals surface area (Å²) in [6.45, 7) is 2.68. The lowest BCUT2D eigenvalue weighted by Gasteiger charge is -2.35. The molecule has 0 aliphatic carbocycles. The van der Waals surface area contributed by atoms with Crippen LogP contribution in [-0.4, -0.2) is 106 Å². The third-order valence-electron chi connectivity index (χ3n) is 10.5. The molecule has 0 saturated carbocycles. The van der Waals surface area contributed by atoms with Crippen LogP contribution >= 0.6 is 0 Å². The number of methoxy groups -OCH3 is 1. The van der Waals surface area contributed by atoms with Crippen LogP contribution in [0.25, 0.3) is 0 Å². The van der Waals surface area contributed by atoms with E-state index in [0.717, 1.165) is 55.0 Å². The van der Waals surface area contributed by atoms with Crippen molar-refractivity contribution in [1.82, 2.24) is 20.2 Å². The molecule has 0 bridgehead atoms. The average Bonchev–Trinajstić information content (AvgIpc) is 3.39. The summed E-state index contributed by atoms with van der Waals surface area (Å²) in [4.78, 5) is 78.7. The first-order valence-electron chi connectivity index (χ1n) is 20.4. The number of primary amides is 1. The van der Waals surface area contributed by atoms with Gasteiger partial charge >= 0.3 is 11.7 Å². The number of amides is 3. The van der Waals surface area contributed by atoms with E-state index in [1.54, 1.807) is 0 Å². The number of hydrogen-bond donors (Lipinski definition) is 6. The number of nitrogens with two attached hydrogens (primary N) is 1. The summed E-state index contributed by atoms with van der Waals surface area (Å²) in [5, 5.41) is 26.7. The van der Waals surface area contributed by atoms with E-state index in [-0.39, 0.29) is 12.3 Å². The van der Waals surface area contributed by atoms with E-state index in [1.807, 2.05) is 0 Å². The minimum Gasteiger partial charge on any atom is -0.456 e. The van der Waals surface area contributed by atoms with E-state index in [0.29, 0.717) is 25.8 Å². The van der Waals surface area contributed by atoms with Crippen LogP contribution in [-0.2, 0) is 42.9 Å². The SMILES string of the molecule is CCCCCCCCCCCCCCCC(=O)OC1C(OC)C(C(OC2OC(C(=O)NC3CCCCNC3=O)=CC(O)C2O)C(N)=O)OC1n1ccc(=O)[nH]c1=O. The number of aliphatic hydroxyl groups is 2. The molecule has 2 saturated heterocycles. The number of esters is 1. The lowest BCUT2D eigenvalue weighted by atomic mass is 10.0. The predicted octanol–water partition coefficient (Wildman–Crippen LogP) is 1.46. The van der Waals surface area contributed by atoms with E-state index in [4.69, 9.17) is 29.4 Å². The van der Waals surface area contributed by atoms with Gasteiger partial charge in [-0.25, -0.2) is 4.79 Å². The van der Waals surface area contributed by atoms with Crippen molar-refractivity contribution in [2.24, 2.45) is 5.73 Å². The minimum atomic E-state index is -1.88. The first-order chi connectivity index (χ1) is 27.4. The van der Waals surface area contributed by atoms with Crippen LogP contribution in [0.2, 0.25) is 0 Å². The summed E-state index contributed by atoms with van der Waals surface area (Å²) in [6, 6.07) is 0.178. The maximum atomic E-state index is 13.2. The second-order valence-corrected chi connectivity index (χ2v) is 14.9. The number of H-pyrrole nitrogens is 1. The molecule has 1 aromatic rings. The molecule has 18 heteroatoms. The van der Waals surface area contributed by atoms with Crippen molar-refractivity contribution in [3.63, 3.8) is 0 Å². The van der Waals surface area contributed by atoms with Gasteiger partial charge in [0.1, 0.15) is 30.5 Å². The standard InChI is InChI=1S/C39H61N5O13/c1-3-4-5-6-7-8-9-10-11-12-13-14-15-19-28(47)55-33-30(53-2)31(56-37(33)44-22-20-27(46)43-39(44)52)32(34(40)49)57-38-29(48)25(45)23-26(54-38)36(51)42-24-18-16-17-21-41-35(24)50/h20,22-25,29-33,37-38,45,48H,3-19,21H2,1-2H3,(H2,40,49)(H,41,50)(H,42,51)(H,43,46,52). The van der Waals surface area contributed by atoms with Crippen LogP contribution < -0.4 is 27.6 Å². The van der Waals surface area contributed by atoms with Gasteiger partial charge in [-0.05, 0) is 31.8 Å². The Bertz CT molecular complexity index is 1610. The number of carbonyl (C=O) groups excluding carboxylic acids is 4. The van der Waals surface area contributed by atoms with Crippen LogP contribution in [0.5, 0.6) is 0 Å². The Kier molecular flexibility index (Phi) is 18.7. The Labute approximate surface area is 332 Å². The topological polar surface area (TPSA) is 260 Å². The number of nitrogens with one attached hydrogen (secondary N) is 3. The normalized spacial score (nSPS) is 26.7. The highest BCUT2D eigenvalue weighted by molar-refractivity contribution is 5.95. The molecule has 3 aliphatic heterocycles. The summed E-state index contributed by atoms with van der Waals surface area (Å²) in [7, 11) is 1.24. The number of ether oxygens (including phenoxy) is 5. The number of hydrogen-bond acceptors (Lipinski definition) is 13. The van der Waals surface area contributed by atoms with E-state index >= 15 is 0 Å². The van der Waals surface area contributed by atoms with Crippen molar-refractivity contribution in [2.45, 2.75) is 171 Å². The van der Waals surface area contributed by atoms with Crippen LogP contribution in [0.4, 0.5) is 0 Å². The van der Waals surface area contributed by atoms with Crippen LogP contribution in [0, 0.1) is 0 Å². The molecule has 4 rings (SSSR count). The molecule has 4 heterocycles. The fraction of sp³-hybridized carbons (Fsp3) is 0.744. The molecular weight excluding hydrogens is 746 g/mol. The molecule has 9 unspecified atom stereocenters. The van der Waals surface area contributed by atoms with Gasteiger partial charge in [0.15, 0.2) is 24.2 Å². The van der Waals surface area contributed by atoms with Crippen LogP contribution in [0.15, 0.2) is 33.7 Å². The third kappa shape index (κ3) is 13.5. The maximum absolute atomic E-state index is 13.2. The largest absolute Gasteiger partial charge is 0.456 e. The molecule has 320 valence electrons. The van der Waals surface area contributed by atoms with Crippen LogP contribution in [0.1, 0.15) is 122 Å². The lowest BCUT2D eigenvalue weighted by Crippen LogP contribution is -2.54. The molecule has 0 spiro atoms. The van der Waals surface area contributed by atoms with Crippen molar-refractivity contribution in [3.8, 4) is 0 Å². The highest BCUT2D eigenvalue weighted by atomic mass is 16.7. The molecule has 18 nitrogen and oxygen atoms in total. The van der Waals surface area contributed by atoms with Gasteiger partial charge in [-0.3, -0.25) is 33.5 Å². The Balaban J connectivity index is 1.40. The van der Waals surface area contributed by atoms with Crippen molar-refractivity contribution in [2.75, 3.05) is 13.7 Å². The maximum Gasteiger partial charge on any atom is 0.330 e. The van der Waals surface area contributed by atoms with Gasteiger partial charge in [-0.15, -0.1) is 0 Å². The van der Waals surface area contributed by atoms with E-state index in [9.17, 15) is 39.0 Å². The van der Waals surface area contributed by atoms with E-state index < -0.39 is 90.0 Å². The number of aromatic amines is 1. The number of nitrogens with zero attached hydrogens (tertiary/aromatic N) is 1. The first kappa shape index (κ1) is 45.6. The van der Waals surface area contributed by atoms with Gasteiger partial charge in [0.25, 0.3) is 11.5 Å². The molecule has 2 fully saturated rings. The Morgan fingerprint density at radius 1 is 0.965 bits per heavy atom. The van der Waals surface area contributed by atoms with Gasteiger partial charge in [0.2, 0.25) is 18.1 Å². The van der Waals surface area contributed by atoms with Gasteiger partial charge in [-0.2, -0.15) is 0 Å². The molecule has 7 N–H and O–H groups in total. The third-order valence-corrected chi connectivity index (χ3v) is 10.5. The summed E-state index contributed by atoms with van der Waals surface area (Å²) < 4.78 is 30.0. The molecule has 0 radical (unpaired) electrons. The summed E-state index contributed by atoms with van der Waals surface area (Å²) >= 11 is 0. The quantitative estimate of drug-likeness (QED) is 0.0677. The monoisotopic (exact) mass is 807 g/mol. The highest BCUT2D eigenvalue weighted by Gasteiger charge is 2.54. The van der Waals surface area contributed by atoms with Crippen molar-refractivity contribution >= 4 is 23.7 Å². The summed E-state index contributed by atoms with van der Waals surface area (Å²) in [5.41, 5.74) is 4.16. The highest BCUT2D eigenvalue weighted by Crippen LogP contribution is 2.36. The van der Waals surface area contributed by atoms with Crippen molar-refractivity contribution in [3.05, 3.63) is 44.9 Å². The van der Waals surface area contributed by atoms with Crippen molar-refractivity contribution in [1.29, 1.82) is 0 Å². The molecule has 3 amide bonds. The zero-order chi connectivity index (χ0) is 41.3. The number of rotatable bonds is 23. The Morgan fingerprint density at radius 3 is 2.23 bits per heavy atom. The molecule has 3 aliphatic rings. The average molecular weight is 808 g/mol. The fourth-order valence-corrected chi connectivity index (χ4v) is 7.30. The van der Waals surface area contributed by atoms with Crippen LogP contribution in [0.3, 0.4) is 0 Å². The van der Waals surface area contributed by atoms with Gasteiger partial charge in [0.05, 0.1) is 0 Å². The van der Waals surface area contributed by atoms with Gasteiger partial charge in [0, 0.05) is 32.3 Å². The van der Waals surface area contributed by atoms with E-state index in [2.05, 4.69) is 22.5 Å². The number of aromatic nitrogens is 2. The molecule has 0 aromatic carbocycles. The Morgan fingerprint density at radius 2 is 1.61 bits per heavy atom. The Hall–Kier alpha value is -4.10. The zero-order valence-corrected chi connectivity index (χ0v) is 33.1. The molecule has 57 heavy (non-hydrogen) atoms. The molecule has 1 aromatic heterocycles. The number of unbranched alkanes of at least 4 members (excludes halogenated alkanes) is 12. The van der Waals surface area contributed by atoms with Gasteiger partial charge < -0.3 is 50.3 Å². The smallest absolute Gasteiger partial charge is 0.330 e. The minimum absolute atomic E-state index is 0.0536. The van der Waals surface area contributed by atoms with Gasteiger partial charge in [-0.1, -0.05) is 84.0 Å².